The summed E-state index contributed by atoms with van der Waals surface area (Å²) in [5, 5.41) is 11.6. The van der Waals surface area contributed by atoms with Gasteiger partial charge < -0.3 is 25.3 Å². The Morgan fingerprint density at radius 3 is 2.64 bits per heavy atom. The number of carbonyl (C=O) groups is 2. The summed E-state index contributed by atoms with van der Waals surface area (Å²) in [5.74, 6) is 0.383. The van der Waals surface area contributed by atoms with Crippen LogP contribution in [0.15, 0.2) is 41.7 Å². The van der Waals surface area contributed by atoms with Crippen LogP contribution in [0.5, 0.6) is 5.75 Å². The fourth-order valence-electron chi connectivity index (χ4n) is 4.61. The summed E-state index contributed by atoms with van der Waals surface area (Å²) in [4.78, 5) is 36.1. The molecule has 3 aromatic rings. The van der Waals surface area contributed by atoms with Gasteiger partial charge in [0.25, 0.3) is 5.91 Å². The van der Waals surface area contributed by atoms with Crippen molar-refractivity contribution in [3.05, 3.63) is 42.4 Å². The van der Waals surface area contributed by atoms with Crippen LogP contribution in [0.3, 0.4) is 0 Å². The van der Waals surface area contributed by atoms with Crippen molar-refractivity contribution in [1.29, 1.82) is 5.41 Å². The zero-order chi connectivity index (χ0) is 26.2. The highest BCUT2D eigenvalue weighted by atomic mass is 16.5. The van der Waals surface area contributed by atoms with Crippen LogP contribution in [0.2, 0.25) is 0 Å². The number of nitrogens with two attached hydrogens (primary N) is 1. The van der Waals surface area contributed by atoms with E-state index in [0.717, 1.165) is 28.7 Å². The number of aromatic nitrogens is 3. The van der Waals surface area contributed by atoms with Crippen molar-refractivity contribution in [2.45, 2.75) is 26.3 Å². The lowest BCUT2D eigenvalue weighted by atomic mass is 9.96. The Morgan fingerprint density at radius 1 is 1.28 bits per heavy atom. The van der Waals surface area contributed by atoms with E-state index in [1.807, 2.05) is 37.5 Å². The highest BCUT2D eigenvalue weighted by Crippen LogP contribution is 2.38. The Balaban J connectivity index is 1.81. The number of rotatable bonds is 6. The van der Waals surface area contributed by atoms with E-state index in [-0.39, 0.29) is 17.6 Å². The number of benzene rings is 1. The van der Waals surface area contributed by atoms with Gasteiger partial charge in [-0.05, 0) is 38.1 Å². The second-order valence-electron chi connectivity index (χ2n) is 9.09. The first-order valence-corrected chi connectivity index (χ1v) is 11.4. The predicted octanol–water partition coefficient (Wildman–Crippen LogP) is 2.38. The molecule has 0 aliphatic carbocycles. The van der Waals surface area contributed by atoms with Crippen molar-refractivity contribution in [3.63, 3.8) is 0 Å². The first kappa shape index (κ1) is 24.7. The fraction of sp³-hybridized carbons (Fsp3) is 0.320. The van der Waals surface area contributed by atoms with Crippen LogP contribution >= 0.6 is 0 Å². The number of nitrogens with zero attached hydrogens (tertiary/aromatic N) is 5. The summed E-state index contributed by atoms with van der Waals surface area (Å²) < 4.78 is 7.28. The quantitative estimate of drug-likeness (QED) is 0.359. The van der Waals surface area contributed by atoms with Gasteiger partial charge in [-0.3, -0.25) is 19.7 Å². The van der Waals surface area contributed by atoms with E-state index in [1.54, 1.807) is 41.6 Å². The largest absolute Gasteiger partial charge is 0.495 e. The number of amides is 2. The summed E-state index contributed by atoms with van der Waals surface area (Å²) in [6.07, 6.45) is 4.48. The van der Waals surface area contributed by atoms with E-state index in [9.17, 15) is 9.59 Å². The summed E-state index contributed by atoms with van der Waals surface area (Å²) in [5.41, 5.74) is 9.49. The van der Waals surface area contributed by atoms with Crippen molar-refractivity contribution in [1.82, 2.24) is 19.7 Å². The summed E-state index contributed by atoms with van der Waals surface area (Å²) in [6.45, 7) is 5.74. The maximum atomic E-state index is 13.5. The molecule has 1 aromatic carbocycles. The number of hydrogen-bond acceptors (Lipinski definition) is 5. The molecule has 0 unspecified atom stereocenters. The number of amidine groups is 1. The molecule has 0 saturated carbocycles. The molecule has 188 valence electrons. The third kappa shape index (κ3) is 4.23. The average Bonchev–Trinajstić information content (AvgIpc) is 3.47. The number of aromatic amines is 1. The molecule has 1 aliphatic heterocycles. The molecule has 4 N–H and O–H groups in total. The predicted molar refractivity (Wildman–Crippen MR) is 138 cm³/mol. The summed E-state index contributed by atoms with van der Waals surface area (Å²) >= 11 is 0. The van der Waals surface area contributed by atoms with Crippen molar-refractivity contribution in [3.8, 4) is 28.1 Å². The van der Waals surface area contributed by atoms with Crippen molar-refractivity contribution >= 4 is 29.7 Å². The maximum absolute atomic E-state index is 13.5. The molecule has 2 amide bonds. The summed E-state index contributed by atoms with van der Waals surface area (Å²) in [6, 6.07) is 7.50. The van der Waals surface area contributed by atoms with Crippen LogP contribution < -0.4 is 15.4 Å². The van der Waals surface area contributed by atoms with Crippen LogP contribution in [-0.4, -0.2) is 69.4 Å². The number of aryl methyl sites for hydroxylation is 1. The van der Waals surface area contributed by atoms with E-state index >= 15 is 0 Å². The van der Waals surface area contributed by atoms with Gasteiger partial charge in [-0.15, -0.1) is 0 Å². The van der Waals surface area contributed by atoms with Gasteiger partial charge in [0.2, 0.25) is 5.91 Å². The van der Waals surface area contributed by atoms with E-state index in [2.05, 4.69) is 15.1 Å². The van der Waals surface area contributed by atoms with Crippen LogP contribution in [0.25, 0.3) is 22.4 Å². The standard InChI is InChI=1S/C25H30N8O3/c1-15(34)33-9-8-32(24(35)25(33,2)3)20-10-16(6-7-21(20)36-5)19-11-18(17-12-29-31(4)13-17)22(30-19)23(27)28-14-26/h6-7,10-14,30H,8-9H2,1-5H3,(H3,26,27,28). The number of anilines is 1. The number of hydrogen-bond donors (Lipinski definition) is 3. The molecule has 0 spiro atoms. The monoisotopic (exact) mass is 490 g/mol. The van der Waals surface area contributed by atoms with Gasteiger partial charge in [0, 0.05) is 55.6 Å². The van der Waals surface area contributed by atoms with Crippen LogP contribution in [-0.2, 0) is 16.6 Å². The molecule has 0 radical (unpaired) electrons. The molecule has 11 nitrogen and oxygen atoms in total. The lowest BCUT2D eigenvalue weighted by Gasteiger charge is -2.45. The molecule has 36 heavy (non-hydrogen) atoms. The molecule has 1 aliphatic rings. The van der Waals surface area contributed by atoms with Crippen LogP contribution in [0.4, 0.5) is 5.69 Å². The first-order chi connectivity index (χ1) is 17.1. The third-order valence-electron chi connectivity index (χ3n) is 6.44. The third-order valence-corrected chi connectivity index (χ3v) is 6.44. The normalized spacial score (nSPS) is 15.8. The molecule has 4 rings (SSSR count). The number of aliphatic imine (C=N–C) groups is 1. The van der Waals surface area contributed by atoms with Gasteiger partial charge >= 0.3 is 0 Å². The molecule has 0 atom stereocenters. The highest BCUT2D eigenvalue weighted by Gasteiger charge is 2.44. The van der Waals surface area contributed by atoms with Gasteiger partial charge in [0.15, 0.2) is 0 Å². The van der Waals surface area contributed by atoms with Gasteiger partial charge in [0.05, 0.1) is 24.7 Å². The lowest BCUT2D eigenvalue weighted by Crippen LogP contribution is -2.64. The summed E-state index contributed by atoms with van der Waals surface area (Å²) in [7, 11) is 3.38. The zero-order valence-corrected chi connectivity index (χ0v) is 21.0. The topological polar surface area (TPSA) is 146 Å². The second-order valence-corrected chi connectivity index (χ2v) is 9.09. The molecule has 2 aromatic heterocycles. The fourth-order valence-corrected chi connectivity index (χ4v) is 4.61. The highest BCUT2D eigenvalue weighted by molar-refractivity contribution is 6.06. The van der Waals surface area contributed by atoms with E-state index < -0.39 is 5.54 Å². The zero-order valence-electron chi connectivity index (χ0n) is 21.0. The van der Waals surface area contributed by atoms with E-state index in [0.29, 0.717) is 30.2 Å². The number of piperazine rings is 1. The van der Waals surface area contributed by atoms with Crippen LogP contribution in [0, 0.1) is 5.41 Å². The average molecular weight is 491 g/mol. The minimum absolute atomic E-state index is 0.139. The lowest BCUT2D eigenvalue weighted by molar-refractivity contribution is -0.145. The Bertz CT molecular complexity index is 1370. The van der Waals surface area contributed by atoms with Gasteiger partial charge in [0.1, 0.15) is 23.5 Å². The number of carbonyl (C=O) groups excluding carboxylic acids is 2. The van der Waals surface area contributed by atoms with E-state index in [1.165, 1.54) is 6.92 Å². The van der Waals surface area contributed by atoms with Gasteiger partial charge in [-0.25, -0.2) is 4.99 Å². The second kappa shape index (κ2) is 9.33. The number of H-pyrrole nitrogens is 1. The minimum Gasteiger partial charge on any atom is -0.495 e. The Labute approximate surface area is 209 Å². The number of methoxy groups -OCH3 is 1. The van der Waals surface area contributed by atoms with Crippen LogP contribution in [0.1, 0.15) is 26.5 Å². The van der Waals surface area contributed by atoms with Crippen molar-refractivity contribution in [2.75, 3.05) is 25.1 Å². The Hall–Kier alpha value is -4.41. The molecule has 3 heterocycles. The minimum atomic E-state index is -0.990. The molecular formula is C25H30N8O3. The molecule has 0 bridgehead atoms. The van der Waals surface area contributed by atoms with Crippen molar-refractivity contribution < 1.29 is 14.3 Å². The Morgan fingerprint density at radius 2 is 2.03 bits per heavy atom. The number of ether oxygens (including phenoxy) is 1. The Kier molecular flexibility index (Phi) is 6.40. The van der Waals surface area contributed by atoms with Gasteiger partial charge in [-0.1, -0.05) is 0 Å². The van der Waals surface area contributed by atoms with Crippen molar-refractivity contribution in [2.24, 2.45) is 17.8 Å². The smallest absolute Gasteiger partial charge is 0.252 e. The first-order valence-electron chi connectivity index (χ1n) is 11.4. The molecule has 1 fully saturated rings. The number of nitrogens with one attached hydrogen (secondary N) is 2. The molecular weight excluding hydrogens is 460 g/mol. The molecule has 1 saturated heterocycles. The van der Waals surface area contributed by atoms with E-state index in [4.69, 9.17) is 15.9 Å². The van der Waals surface area contributed by atoms with Gasteiger partial charge in [-0.2, -0.15) is 5.10 Å². The molecule has 11 heteroatoms. The maximum Gasteiger partial charge on any atom is 0.252 e. The SMILES string of the molecule is COc1ccc(-c2cc(-c3cnn(C)c3)c(C(N)=NC=N)[nH]2)cc1N1CCN(C(C)=O)C(C)(C)C1=O.